The number of hydrogen-bond donors (Lipinski definition) is 0. The first kappa shape index (κ1) is 17.5. The Kier molecular flexibility index (Phi) is 4.20. The fraction of sp³-hybridized carbons (Fsp3) is 0.650. The maximum Gasteiger partial charge on any atom is 0.410 e. The van der Waals surface area contributed by atoms with Crippen molar-refractivity contribution >= 4 is 16.1 Å². The fourth-order valence-corrected chi connectivity index (χ4v) is 7.28. The van der Waals surface area contributed by atoms with Crippen molar-refractivity contribution in [3.05, 3.63) is 35.9 Å². The number of rotatable bonds is 5. The average molecular weight is 391 g/mol. The molecule has 4 fully saturated rings. The van der Waals surface area contributed by atoms with Gasteiger partial charge < -0.3 is 9.64 Å². The molecular formula is C20H26N2O4S. The molecule has 3 heterocycles. The average Bonchev–Trinajstić information content (AvgIpc) is 3.00. The van der Waals surface area contributed by atoms with Crippen molar-refractivity contribution in [2.75, 3.05) is 18.8 Å². The molecule has 0 spiro atoms. The molecule has 146 valence electrons. The molecule has 5 atom stereocenters. The van der Waals surface area contributed by atoms with Crippen LogP contribution in [-0.4, -0.2) is 54.6 Å². The van der Waals surface area contributed by atoms with Crippen molar-refractivity contribution in [1.29, 1.82) is 0 Å². The number of piperidine rings is 1. The summed E-state index contributed by atoms with van der Waals surface area (Å²) in [6, 6.07) is 9.78. The first-order chi connectivity index (χ1) is 13.0. The van der Waals surface area contributed by atoms with Gasteiger partial charge in [-0.25, -0.2) is 17.5 Å². The quantitative estimate of drug-likeness (QED) is 0.775. The third-order valence-corrected chi connectivity index (χ3v) is 8.78. The lowest BCUT2D eigenvalue weighted by Crippen LogP contribution is -2.40. The fourth-order valence-electron chi connectivity index (χ4n) is 5.33. The van der Waals surface area contributed by atoms with Gasteiger partial charge in [-0.3, -0.25) is 0 Å². The van der Waals surface area contributed by atoms with Gasteiger partial charge in [-0.05, 0) is 49.0 Å². The Morgan fingerprint density at radius 3 is 2.56 bits per heavy atom. The summed E-state index contributed by atoms with van der Waals surface area (Å²) in [7, 11) is -3.22. The third-order valence-electron chi connectivity index (χ3n) is 6.84. The van der Waals surface area contributed by atoms with Crippen LogP contribution in [0.4, 0.5) is 4.79 Å². The van der Waals surface area contributed by atoms with E-state index in [-0.39, 0.29) is 36.5 Å². The van der Waals surface area contributed by atoms with Crippen molar-refractivity contribution in [1.82, 2.24) is 9.21 Å². The number of sulfonamides is 1. The zero-order valence-electron chi connectivity index (χ0n) is 15.4. The molecule has 3 saturated heterocycles. The number of amides is 1. The normalized spacial score (nSPS) is 34.7. The molecule has 2 bridgehead atoms. The molecule has 1 amide bonds. The summed E-state index contributed by atoms with van der Waals surface area (Å²) in [6.45, 7) is 1.67. The monoisotopic (exact) mass is 390 g/mol. The number of nitrogens with zero attached hydrogens (tertiary/aromatic N) is 2. The van der Waals surface area contributed by atoms with E-state index in [0.29, 0.717) is 24.9 Å². The van der Waals surface area contributed by atoms with Crippen LogP contribution in [0.1, 0.15) is 31.2 Å². The van der Waals surface area contributed by atoms with Crippen LogP contribution in [0, 0.1) is 17.8 Å². The molecule has 3 aliphatic heterocycles. The van der Waals surface area contributed by atoms with Gasteiger partial charge in [0.05, 0.1) is 5.75 Å². The summed E-state index contributed by atoms with van der Waals surface area (Å²) < 4.78 is 32.8. The highest BCUT2D eigenvalue weighted by Gasteiger charge is 2.53. The second-order valence-electron chi connectivity index (χ2n) is 8.59. The lowest BCUT2D eigenvalue weighted by atomic mass is 9.91. The summed E-state index contributed by atoms with van der Waals surface area (Å²) in [5, 5.41) is 0. The van der Waals surface area contributed by atoms with Crippen molar-refractivity contribution in [3.63, 3.8) is 0 Å². The van der Waals surface area contributed by atoms with Crippen LogP contribution in [0.15, 0.2) is 30.3 Å². The predicted octanol–water partition coefficient (Wildman–Crippen LogP) is 2.46. The molecule has 5 unspecified atom stereocenters. The van der Waals surface area contributed by atoms with Gasteiger partial charge in [-0.2, -0.15) is 0 Å². The molecule has 1 saturated carbocycles. The molecule has 5 rings (SSSR count). The zero-order chi connectivity index (χ0) is 18.6. The van der Waals surface area contributed by atoms with Crippen molar-refractivity contribution in [3.8, 4) is 0 Å². The van der Waals surface area contributed by atoms with Crippen LogP contribution in [0.3, 0.4) is 0 Å². The molecule has 1 aliphatic carbocycles. The molecule has 1 aromatic rings. The predicted molar refractivity (Wildman–Crippen MR) is 100 cm³/mol. The minimum absolute atomic E-state index is 0.00480. The number of carbonyl (C=O) groups excluding carboxylic acids is 1. The molecule has 6 nitrogen and oxygen atoms in total. The van der Waals surface area contributed by atoms with E-state index in [0.717, 1.165) is 24.8 Å². The smallest absolute Gasteiger partial charge is 0.410 e. The van der Waals surface area contributed by atoms with Crippen molar-refractivity contribution in [2.24, 2.45) is 17.8 Å². The molecule has 0 radical (unpaired) electrons. The molecule has 7 heteroatoms. The van der Waals surface area contributed by atoms with Crippen LogP contribution in [0.5, 0.6) is 0 Å². The van der Waals surface area contributed by atoms with Gasteiger partial charge >= 0.3 is 6.09 Å². The highest BCUT2D eigenvalue weighted by atomic mass is 32.2. The summed E-state index contributed by atoms with van der Waals surface area (Å²) in [4.78, 5) is 14.5. The maximum absolute atomic E-state index is 12.8. The van der Waals surface area contributed by atoms with E-state index in [4.69, 9.17) is 4.74 Å². The molecule has 0 N–H and O–H groups in total. The van der Waals surface area contributed by atoms with E-state index in [1.807, 2.05) is 35.2 Å². The van der Waals surface area contributed by atoms with Crippen molar-refractivity contribution in [2.45, 2.75) is 44.4 Å². The van der Waals surface area contributed by atoms with Crippen LogP contribution in [0.25, 0.3) is 0 Å². The highest BCUT2D eigenvalue weighted by molar-refractivity contribution is 7.89. The summed E-state index contributed by atoms with van der Waals surface area (Å²) >= 11 is 0. The van der Waals surface area contributed by atoms with Crippen LogP contribution in [0.2, 0.25) is 0 Å². The van der Waals surface area contributed by atoms with Gasteiger partial charge in [0.15, 0.2) is 0 Å². The van der Waals surface area contributed by atoms with Gasteiger partial charge in [0.25, 0.3) is 0 Å². The lowest BCUT2D eigenvalue weighted by molar-refractivity contribution is 0.0890. The van der Waals surface area contributed by atoms with Gasteiger partial charge in [0.1, 0.15) is 6.61 Å². The Balaban J connectivity index is 1.21. The molecule has 1 aromatic carbocycles. The summed E-state index contributed by atoms with van der Waals surface area (Å²) in [5.74, 6) is 1.42. The number of hydrogen-bond acceptors (Lipinski definition) is 4. The Morgan fingerprint density at radius 1 is 1.07 bits per heavy atom. The Morgan fingerprint density at radius 2 is 1.81 bits per heavy atom. The first-order valence-electron chi connectivity index (χ1n) is 9.98. The van der Waals surface area contributed by atoms with Crippen LogP contribution < -0.4 is 0 Å². The van der Waals surface area contributed by atoms with Gasteiger partial charge in [0.2, 0.25) is 10.0 Å². The van der Waals surface area contributed by atoms with Crippen LogP contribution in [-0.2, 0) is 21.4 Å². The molecule has 0 aromatic heterocycles. The molecule has 4 aliphatic rings. The number of carbonyl (C=O) groups is 1. The van der Waals surface area contributed by atoms with E-state index in [2.05, 4.69) is 0 Å². The standard InChI is InChI=1S/C20H26N2O4S/c23-20(26-12-14-4-2-1-3-5-14)22-18-6-7-19(22)17(9-18)13-27(24,25)21-10-15-8-16(15)11-21/h1-5,15-19H,6-13H2. The molecule has 27 heavy (non-hydrogen) atoms. The van der Waals surface area contributed by atoms with E-state index in [9.17, 15) is 13.2 Å². The summed E-state index contributed by atoms with van der Waals surface area (Å²) in [5.41, 5.74) is 0.962. The number of ether oxygens (including phenoxy) is 1. The first-order valence-corrected chi connectivity index (χ1v) is 11.6. The van der Waals surface area contributed by atoms with E-state index in [1.54, 1.807) is 4.31 Å². The van der Waals surface area contributed by atoms with Gasteiger partial charge in [-0.1, -0.05) is 30.3 Å². The Bertz CT molecular complexity index is 818. The van der Waals surface area contributed by atoms with Gasteiger partial charge in [-0.15, -0.1) is 0 Å². The van der Waals surface area contributed by atoms with Crippen LogP contribution >= 0.6 is 0 Å². The Labute approximate surface area is 160 Å². The van der Waals surface area contributed by atoms with E-state index >= 15 is 0 Å². The third kappa shape index (κ3) is 3.25. The zero-order valence-corrected chi connectivity index (χ0v) is 16.2. The number of fused-ring (bicyclic) bond motifs is 3. The lowest BCUT2D eigenvalue weighted by Gasteiger charge is -2.26. The minimum Gasteiger partial charge on any atom is -0.445 e. The maximum atomic E-state index is 12.8. The van der Waals surface area contributed by atoms with E-state index < -0.39 is 10.0 Å². The molecular weight excluding hydrogens is 364 g/mol. The SMILES string of the molecule is O=C(OCc1ccccc1)N1C2CCC1C(CS(=O)(=O)N1CC3CC3C1)C2. The topological polar surface area (TPSA) is 66.9 Å². The Hall–Kier alpha value is -1.60. The number of benzene rings is 1. The second kappa shape index (κ2) is 6.48. The highest BCUT2D eigenvalue weighted by Crippen LogP contribution is 2.47. The second-order valence-corrected chi connectivity index (χ2v) is 10.6. The summed E-state index contributed by atoms with van der Waals surface area (Å²) in [6.07, 6.45) is 3.52. The minimum atomic E-state index is -3.22. The van der Waals surface area contributed by atoms with Gasteiger partial charge in [0, 0.05) is 25.2 Å². The van der Waals surface area contributed by atoms with Crippen molar-refractivity contribution < 1.29 is 17.9 Å². The largest absolute Gasteiger partial charge is 0.445 e. The van der Waals surface area contributed by atoms with E-state index in [1.165, 1.54) is 6.42 Å².